The second-order valence-corrected chi connectivity index (χ2v) is 6.26. The van der Waals surface area contributed by atoms with Crippen molar-refractivity contribution in [3.8, 4) is 0 Å². The molecular weight excluding hydrogens is 308 g/mol. The van der Waals surface area contributed by atoms with Gasteiger partial charge in [0.05, 0.1) is 5.92 Å². The SMILES string of the molecule is CCC(NC(=O)C1CCCN(C(=O)c2ccc(C)cc2)C1)C(=O)O. The minimum absolute atomic E-state index is 0.0854. The highest BCUT2D eigenvalue weighted by Crippen LogP contribution is 2.19. The zero-order chi connectivity index (χ0) is 17.7. The topological polar surface area (TPSA) is 86.7 Å². The second kappa shape index (κ2) is 7.95. The molecule has 1 aliphatic heterocycles. The number of carbonyl (C=O) groups excluding carboxylic acids is 2. The van der Waals surface area contributed by atoms with Crippen molar-refractivity contribution >= 4 is 17.8 Å². The van der Waals surface area contributed by atoms with E-state index in [0.717, 1.165) is 12.0 Å². The number of carboxylic acid groups (broad SMARTS) is 1. The van der Waals surface area contributed by atoms with Gasteiger partial charge in [-0.3, -0.25) is 9.59 Å². The maximum atomic E-state index is 12.6. The summed E-state index contributed by atoms with van der Waals surface area (Å²) in [5, 5.41) is 11.6. The third-order valence-electron chi connectivity index (χ3n) is 4.40. The van der Waals surface area contributed by atoms with Crippen LogP contribution in [0.2, 0.25) is 0 Å². The van der Waals surface area contributed by atoms with Crippen molar-refractivity contribution in [3.63, 3.8) is 0 Å². The first-order valence-electron chi connectivity index (χ1n) is 8.31. The molecule has 1 saturated heterocycles. The molecule has 1 aromatic carbocycles. The molecular formula is C18H24N2O4. The molecule has 0 bridgehead atoms. The van der Waals surface area contributed by atoms with Crippen LogP contribution in [0, 0.1) is 12.8 Å². The predicted molar refractivity (Wildman–Crippen MR) is 89.7 cm³/mol. The monoisotopic (exact) mass is 332 g/mol. The van der Waals surface area contributed by atoms with Gasteiger partial charge in [0, 0.05) is 18.7 Å². The van der Waals surface area contributed by atoms with Crippen LogP contribution in [0.25, 0.3) is 0 Å². The first-order valence-corrected chi connectivity index (χ1v) is 8.31. The van der Waals surface area contributed by atoms with Gasteiger partial charge in [-0.15, -0.1) is 0 Å². The third kappa shape index (κ3) is 4.34. The van der Waals surface area contributed by atoms with Gasteiger partial charge in [-0.05, 0) is 38.3 Å². The second-order valence-electron chi connectivity index (χ2n) is 6.26. The number of carbonyl (C=O) groups is 3. The van der Waals surface area contributed by atoms with Gasteiger partial charge in [0.25, 0.3) is 5.91 Å². The maximum Gasteiger partial charge on any atom is 0.326 e. The highest BCUT2D eigenvalue weighted by Gasteiger charge is 2.30. The fourth-order valence-electron chi connectivity index (χ4n) is 2.88. The molecule has 0 saturated carbocycles. The molecule has 2 atom stereocenters. The number of carboxylic acids is 1. The summed E-state index contributed by atoms with van der Waals surface area (Å²) in [6.45, 7) is 4.62. The number of benzene rings is 1. The molecule has 0 aliphatic carbocycles. The smallest absolute Gasteiger partial charge is 0.326 e. The Hall–Kier alpha value is -2.37. The lowest BCUT2D eigenvalue weighted by Crippen LogP contribution is -2.49. The standard InChI is InChI=1S/C18H24N2O4/c1-3-15(18(23)24)19-16(21)14-5-4-10-20(11-14)17(22)13-8-6-12(2)7-9-13/h6-9,14-15H,3-5,10-11H2,1-2H3,(H,19,21)(H,23,24). The fraction of sp³-hybridized carbons (Fsp3) is 0.500. The van der Waals surface area contributed by atoms with Crippen molar-refractivity contribution in [1.29, 1.82) is 0 Å². The number of aryl methyl sites for hydroxylation is 1. The Morgan fingerprint density at radius 3 is 2.54 bits per heavy atom. The molecule has 1 heterocycles. The molecule has 1 aliphatic rings. The Balaban J connectivity index is 2.00. The lowest BCUT2D eigenvalue weighted by atomic mass is 9.96. The Morgan fingerprint density at radius 1 is 1.29 bits per heavy atom. The number of likely N-dealkylation sites (tertiary alicyclic amines) is 1. The normalized spacial score (nSPS) is 18.8. The van der Waals surface area contributed by atoms with Crippen LogP contribution in [0.15, 0.2) is 24.3 Å². The number of nitrogens with one attached hydrogen (secondary N) is 1. The van der Waals surface area contributed by atoms with Crippen LogP contribution in [0.1, 0.15) is 42.1 Å². The van der Waals surface area contributed by atoms with Crippen LogP contribution in [0.5, 0.6) is 0 Å². The lowest BCUT2D eigenvalue weighted by molar-refractivity contribution is -0.142. The molecule has 6 nitrogen and oxygen atoms in total. The number of piperidine rings is 1. The number of amides is 2. The molecule has 2 N–H and O–H groups in total. The molecule has 24 heavy (non-hydrogen) atoms. The molecule has 1 fully saturated rings. The van der Waals surface area contributed by atoms with Crippen LogP contribution in [0.4, 0.5) is 0 Å². The summed E-state index contributed by atoms with van der Waals surface area (Å²) in [7, 11) is 0. The Labute approximate surface area is 141 Å². The zero-order valence-electron chi connectivity index (χ0n) is 14.1. The molecule has 0 aromatic heterocycles. The van der Waals surface area contributed by atoms with Crippen molar-refractivity contribution in [1.82, 2.24) is 10.2 Å². The fourth-order valence-corrected chi connectivity index (χ4v) is 2.88. The van der Waals surface area contributed by atoms with Gasteiger partial charge >= 0.3 is 5.97 Å². The van der Waals surface area contributed by atoms with E-state index in [4.69, 9.17) is 5.11 Å². The number of hydrogen-bond acceptors (Lipinski definition) is 3. The summed E-state index contributed by atoms with van der Waals surface area (Å²) in [4.78, 5) is 37.6. The third-order valence-corrected chi connectivity index (χ3v) is 4.40. The van der Waals surface area contributed by atoms with Gasteiger partial charge in [0.2, 0.25) is 5.91 Å². The zero-order valence-corrected chi connectivity index (χ0v) is 14.1. The first kappa shape index (κ1) is 18.0. The van der Waals surface area contributed by atoms with E-state index in [1.165, 1.54) is 0 Å². The summed E-state index contributed by atoms with van der Waals surface area (Å²) in [6, 6.07) is 6.48. The Morgan fingerprint density at radius 2 is 1.96 bits per heavy atom. The minimum atomic E-state index is -1.03. The van der Waals surface area contributed by atoms with E-state index in [0.29, 0.717) is 31.5 Å². The molecule has 0 radical (unpaired) electrons. The summed E-state index contributed by atoms with van der Waals surface area (Å²) >= 11 is 0. The van der Waals surface area contributed by atoms with Crippen molar-refractivity contribution in [2.45, 2.75) is 39.2 Å². The number of rotatable bonds is 5. The van der Waals surface area contributed by atoms with E-state index in [-0.39, 0.29) is 17.7 Å². The lowest BCUT2D eigenvalue weighted by Gasteiger charge is -2.32. The van der Waals surface area contributed by atoms with Crippen molar-refractivity contribution < 1.29 is 19.5 Å². The van der Waals surface area contributed by atoms with Crippen LogP contribution in [0.3, 0.4) is 0 Å². The van der Waals surface area contributed by atoms with Crippen molar-refractivity contribution in [2.24, 2.45) is 5.92 Å². The molecule has 2 unspecified atom stereocenters. The minimum Gasteiger partial charge on any atom is -0.480 e. The Kier molecular flexibility index (Phi) is 5.95. The molecule has 1 aromatic rings. The highest BCUT2D eigenvalue weighted by molar-refractivity contribution is 5.95. The molecule has 130 valence electrons. The maximum absolute atomic E-state index is 12.6. The van der Waals surface area contributed by atoms with E-state index in [2.05, 4.69) is 5.32 Å². The molecule has 6 heteroatoms. The van der Waals surface area contributed by atoms with Crippen LogP contribution >= 0.6 is 0 Å². The Bertz CT molecular complexity index is 612. The van der Waals surface area contributed by atoms with E-state index < -0.39 is 12.0 Å². The van der Waals surface area contributed by atoms with E-state index in [1.807, 2.05) is 19.1 Å². The summed E-state index contributed by atoms with van der Waals surface area (Å²) < 4.78 is 0. The predicted octanol–water partition coefficient (Wildman–Crippen LogP) is 1.83. The van der Waals surface area contributed by atoms with Gasteiger partial charge in [-0.2, -0.15) is 0 Å². The van der Waals surface area contributed by atoms with E-state index >= 15 is 0 Å². The van der Waals surface area contributed by atoms with Gasteiger partial charge in [-0.25, -0.2) is 4.79 Å². The van der Waals surface area contributed by atoms with E-state index in [9.17, 15) is 14.4 Å². The van der Waals surface area contributed by atoms with Gasteiger partial charge < -0.3 is 15.3 Å². The van der Waals surface area contributed by atoms with Gasteiger partial charge in [0.15, 0.2) is 0 Å². The molecule has 2 rings (SSSR count). The number of aliphatic carboxylic acids is 1. The van der Waals surface area contributed by atoms with Crippen LogP contribution in [-0.2, 0) is 9.59 Å². The first-order chi connectivity index (χ1) is 11.4. The average molecular weight is 332 g/mol. The molecule has 2 amide bonds. The van der Waals surface area contributed by atoms with Crippen molar-refractivity contribution in [3.05, 3.63) is 35.4 Å². The van der Waals surface area contributed by atoms with Gasteiger partial charge in [0.1, 0.15) is 6.04 Å². The number of hydrogen-bond donors (Lipinski definition) is 2. The average Bonchev–Trinajstić information content (AvgIpc) is 2.59. The largest absolute Gasteiger partial charge is 0.480 e. The highest BCUT2D eigenvalue weighted by atomic mass is 16.4. The summed E-state index contributed by atoms with van der Waals surface area (Å²) in [5.41, 5.74) is 1.69. The van der Waals surface area contributed by atoms with E-state index in [1.54, 1.807) is 24.0 Å². The van der Waals surface area contributed by atoms with Crippen LogP contribution in [-0.4, -0.2) is 46.9 Å². The molecule has 0 spiro atoms. The van der Waals surface area contributed by atoms with Gasteiger partial charge in [-0.1, -0.05) is 24.6 Å². The quantitative estimate of drug-likeness (QED) is 0.861. The summed E-state index contributed by atoms with van der Waals surface area (Å²) in [6.07, 6.45) is 1.74. The van der Waals surface area contributed by atoms with Crippen molar-refractivity contribution in [2.75, 3.05) is 13.1 Å². The summed E-state index contributed by atoms with van der Waals surface area (Å²) in [5.74, 6) is -1.76. The van der Waals surface area contributed by atoms with Crippen LogP contribution < -0.4 is 5.32 Å². The number of nitrogens with zero attached hydrogens (tertiary/aromatic N) is 1.